The van der Waals surface area contributed by atoms with Gasteiger partial charge in [-0.15, -0.1) is 0 Å². The minimum absolute atomic E-state index is 0.0472. The van der Waals surface area contributed by atoms with Crippen LogP contribution in [0.4, 0.5) is 11.4 Å². The Morgan fingerprint density at radius 3 is 2.81 bits per heavy atom. The van der Waals surface area contributed by atoms with Crippen molar-refractivity contribution in [3.63, 3.8) is 0 Å². The molecule has 2 aromatic carbocycles. The average Bonchev–Trinajstić information content (AvgIpc) is 2.46. The van der Waals surface area contributed by atoms with E-state index >= 15 is 0 Å². The number of nitrogens with two attached hydrogens (primary N) is 1. The third-order valence-corrected chi connectivity index (χ3v) is 3.76. The highest BCUT2D eigenvalue weighted by atomic mass is 16.5. The van der Waals surface area contributed by atoms with E-state index in [9.17, 15) is 4.79 Å². The van der Waals surface area contributed by atoms with Crippen LogP contribution in [0.3, 0.4) is 0 Å². The van der Waals surface area contributed by atoms with Crippen LogP contribution in [0.5, 0.6) is 5.75 Å². The number of nitrogen functional groups attached to an aromatic ring is 1. The van der Waals surface area contributed by atoms with Gasteiger partial charge in [0.1, 0.15) is 5.75 Å². The third-order valence-electron chi connectivity index (χ3n) is 3.76. The molecule has 1 aliphatic rings. The lowest BCUT2D eigenvalue weighted by Crippen LogP contribution is -2.38. The highest BCUT2D eigenvalue weighted by Gasteiger charge is 2.26. The molecular formula is C17H18N2O2. The fourth-order valence-electron chi connectivity index (χ4n) is 2.53. The minimum atomic E-state index is -0.0472. The van der Waals surface area contributed by atoms with Crippen molar-refractivity contribution in [1.82, 2.24) is 0 Å². The standard InChI is InChI=1S/C17H18N2O2/c1-11-3-4-12(2)13(7-11)9-19-15-8-14(18)5-6-16(15)21-10-17(19)20/h3-8H,9-10,18H2,1-2H3. The molecule has 21 heavy (non-hydrogen) atoms. The lowest BCUT2D eigenvalue weighted by atomic mass is 10.0. The van der Waals surface area contributed by atoms with E-state index in [1.807, 2.05) is 6.07 Å². The highest BCUT2D eigenvalue weighted by molar-refractivity contribution is 5.98. The summed E-state index contributed by atoms with van der Waals surface area (Å²) in [6, 6.07) is 11.7. The van der Waals surface area contributed by atoms with E-state index in [0.29, 0.717) is 18.0 Å². The van der Waals surface area contributed by atoms with E-state index in [-0.39, 0.29) is 12.5 Å². The van der Waals surface area contributed by atoms with E-state index in [4.69, 9.17) is 10.5 Å². The Balaban J connectivity index is 2.00. The van der Waals surface area contributed by atoms with E-state index < -0.39 is 0 Å². The summed E-state index contributed by atoms with van der Waals surface area (Å²) in [6.45, 7) is 4.71. The van der Waals surface area contributed by atoms with E-state index in [1.165, 1.54) is 11.1 Å². The largest absolute Gasteiger partial charge is 0.482 e. The second-order valence-corrected chi connectivity index (χ2v) is 5.43. The van der Waals surface area contributed by atoms with Gasteiger partial charge in [0.15, 0.2) is 6.61 Å². The first-order valence-corrected chi connectivity index (χ1v) is 6.93. The van der Waals surface area contributed by atoms with E-state index in [1.54, 1.807) is 17.0 Å². The SMILES string of the molecule is Cc1ccc(C)c(CN2C(=O)COc3ccc(N)cc32)c1. The number of nitrogens with zero attached hydrogens (tertiary/aromatic N) is 1. The van der Waals surface area contributed by atoms with Crippen molar-refractivity contribution in [2.24, 2.45) is 0 Å². The van der Waals surface area contributed by atoms with Gasteiger partial charge in [-0.1, -0.05) is 23.8 Å². The zero-order valence-electron chi connectivity index (χ0n) is 12.2. The van der Waals surface area contributed by atoms with Gasteiger partial charge in [0.25, 0.3) is 5.91 Å². The van der Waals surface area contributed by atoms with Crippen LogP contribution in [0.25, 0.3) is 0 Å². The fourth-order valence-corrected chi connectivity index (χ4v) is 2.53. The summed E-state index contributed by atoms with van der Waals surface area (Å²) in [7, 11) is 0. The second kappa shape index (κ2) is 5.13. The molecule has 108 valence electrons. The molecule has 0 radical (unpaired) electrons. The number of carbonyl (C=O) groups excluding carboxylic acids is 1. The molecule has 1 aliphatic heterocycles. The number of rotatable bonds is 2. The highest BCUT2D eigenvalue weighted by Crippen LogP contribution is 2.35. The number of fused-ring (bicyclic) bond motifs is 1. The van der Waals surface area contributed by atoms with Gasteiger partial charge < -0.3 is 15.4 Å². The lowest BCUT2D eigenvalue weighted by molar-refractivity contribution is -0.121. The molecule has 0 spiro atoms. The van der Waals surface area contributed by atoms with Crippen LogP contribution in [0, 0.1) is 13.8 Å². The van der Waals surface area contributed by atoms with Gasteiger partial charge in [-0.25, -0.2) is 0 Å². The van der Waals surface area contributed by atoms with Gasteiger partial charge in [-0.05, 0) is 43.2 Å². The molecule has 0 fully saturated rings. The Hall–Kier alpha value is -2.49. The van der Waals surface area contributed by atoms with Crippen molar-refractivity contribution in [1.29, 1.82) is 0 Å². The van der Waals surface area contributed by atoms with Crippen molar-refractivity contribution in [2.75, 3.05) is 17.2 Å². The molecule has 0 saturated carbocycles. The average molecular weight is 282 g/mol. The van der Waals surface area contributed by atoms with Gasteiger partial charge in [0.2, 0.25) is 0 Å². The summed E-state index contributed by atoms with van der Waals surface area (Å²) in [5.74, 6) is 0.656. The molecule has 4 nitrogen and oxygen atoms in total. The topological polar surface area (TPSA) is 55.6 Å². The molecule has 0 aliphatic carbocycles. The molecule has 0 saturated heterocycles. The van der Waals surface area contributed by atoms with Crippen molar-refractivity contribution >= 4 is 17.3 Å². The van der Waals surface area contributed by atoms with Gasteiger partial charge in [-0.3, -0.25) is 4.79 Å². The summed E-state index contributed by atoms with van der Waals surface area (Å²) in [5, 5.41) is 0. The molecule has 3 rings (SSSR count). The number of benzene rings is 2. The molecule has 1 amide bonds. The molecule has 0 atom stereocenters. The van der Waals surface area contributed by atoms with Gasteiger partial charge in [0, 0.05) is 5.69 Å². The smallest absolute Gasteiger partial charge is 0.265 e. The van der Waals surface area contributed by atoms with Gasteiger partial charge in [0.05, 0.1) is 12.2 Å². The Labute approximate surface area is 124 Å². The normalized spacial score (nSPS) is 13.8. The molecular weight excluding hydrogens is 264 g/mol. The van der Waals surface area contributed by atoms with Crippen LogP contribution in [-0.4, -0.2) is 12.5 Å². The molecule has 4 heteroatoms. The number of amides is 1. The lowest BCUT2D eigenvalue weighted by Gasteiger charge is -2.30. The molecule has 1 heterocycles. The Morgan fingerprint density at radius 2 is 2.00 bits per heavy atom. The Kier molecular flexibility index (Phi) is 3.29. The number of hydrogen-bond donors (Lipinski definition) is 1. The maximum atomic E-state index is 12.2. The van der Waals surface area contributed by atoms with Crippen LogP contribution >= 0.6 is 0 Å². The van der Waals surface area contributed by atoms with E-state index in [2.05, 4.69) is 32.0 Å². The van der Waals surface area contributed by atoms with Crippen molar-refractivity contribution in [2.45, 2.75) is 20.4 Å². The monoisotopic (exact) mass is 282 g/mol. The quantitative estimate of drug-likeness (QED) is 0.862. The molecule has 0 bridgehead atoms. The predicted octanol–water partition coefficient (Wildman–Crippen LogP) is 2.81. The Bertz CT molecular complexity index is 710. The summed E-state index contributed by atoms with van der Waals surface area (Å²) in [5.41, 5.74) is 10.7. The molecule has 2 N–H and O–H groups in total. The number of anilines is 2. The second-order valence-electron chi connectivity index (χ2n) is 5.43. The minimum Gasteiger partial charge on any atom is -0.482 e. The zero-order valence-corrected chi connectivity index (χ0v) is 12.2. The number of ether oxygens (including phenoxy) is 1. The van der Waals surface area contributed by atoms with E-state index in [0.717, 1.165) is 11.3 Å². The third kappa shape index (κ3) is 2.57. The number of hydrogen-bond acceptors (Lipinski definition) is 3. The maximum Gasteiger partial charge on any atom is 0.265 e. The number of aryl methyl sites for hydroxylation is 2. The van der Waals surface area contributed by atoms with Crippen LogP contribution in [0.2, 0.25) is 0 Å². The zero-order chi connectivity index (χ0) is 15.0. The number of carbonyl (C=O) groups is 1. The first kappa shape index (κ1) is 13.5. The van der Waals surface area contributed by atoms with Gasteiger partial charge >= 0.3 is 0 Å². The first-order valence-electron chi connectivity index (χ1n) is 6.93. The molecule has 0 aromatic heterocycles. The predicted molar refractivity (Wildman–Crippen MR) is 83.5 cm³/mol. The van der Waals surface area contributed by atoms with Crippen LogP contribution in [-0.2, 0) is 11.3 Å². The summed E-state index contributed by atoms with van der Waals surface area (Å²) < 4.78 is 5.47. The molecule has 2 aromatic rings. The van der Waals surface area contributed by atoms with Gasteiger partial charge in [-0.2, -0.15) is 0 Å². The van der Waals surface area contributed by atoms with Crippen LogP contribution < -0.4 is 15.4 Å². The summed E-state index contributed by atoms with van der Waals surface area (Å²) in [6.07, 6.45) is 0. The summed E-state index contributed by atoms with van der Waals surface area (Å²) in [4.78, 5) is 14.0. The van der Waals surface area contributed by atoms with Crippen molar-refractivity contribution in [3.8, 4) is 5.75 Å². The first-order chi connectivity index (χ1) is 10.0. The van der Waals surface area contributed by atoms with Crippen molar-refractivity contribution < 1.29 is 9.53 Å². The van der Waals surface area contributed by atoms with Crippen LogP contribution in [0.1, 0.15) is 16.7 Å². The summed E-state index contributed by atoms with van der Waals surface area (Å²) >= 11 is 0. The van der Waals surface area contributed by atoms with Crippen molar-refractivity contribution in [3.05, 3.63) is 53.1 Å². The maximum absolute atomic E-state index is 12.2. The fraction of sp³-hybridized carbons (Fsp3) is 0.235. The Morgan fingerprint density at radius 1 is 1.19 bits per heavy atom. The van der Waals surface area contributed by atoms with Crippen LogP contribution in [0.15, 0.2) is 36.4 Å². The molecule has 0 unspecified atom stereocenters.